The normalized spacial score (nSPS) is 20.2. The van der Waals surface area contributed by atoms with Gasteiger partial charge in [-0.25, -0.2) is 0 Å². The number of rotatable bonds is 1. The molecule has 0 aliphatic carbocycles. The number of benzene rings is 1. The molecule has 74 valence electrons. The lowest BCUT2D eigenvalue weighted by molar-refractivity contribution is -0.120. The smallest absolute Gasteiger partial charge is 0.234 e. The Kier molecular flexibility index (Phi) is 2.56. The van der Waals surface area contributed by atoms with Gasteiger partial charge in [0.2, 0.25) is 5.91 Å². The lowest BCUT2D eigenvalue weighted by Gasteiger charge is -2.24. The summed E-state index contributed by atoms with van der Waals surface area (Å²) in [5.74, 6) is -0.286. The van der Waals surface area contributed by atoms with Crippen molar-refractivity contribution in [3.8, 4) is 0 Å². The Labute approximate surface area is 90.8 Å². The highest BCUT2D eigenvalue weighted by Crippen LogP contribution is 2.24. The maximum atomic E-state index is 11.0. The minimum atomic E-state index is -0.286. The summed E-state index contributed by atoms with van der Waals surface area (Å²) in [7, 11) is 0. The van der Waals surface area contributed by atoms with Gasteiger partial charge >= 0.3 is 0 Å². The van der Waals surface area contributed by atoms with Crippen molar-refractivity contribution in [1.29, 1.82) is 0 Å². The predicted octanol–water partition coefficient (Wildman–Crippen LogP) is 0.949. The van der Waals surface area contributed by atoms with Crippen LogP contribution in [0.1, 0.15) is 11.1 Å². The van der Waals surface area contributed by atoms with Gasteiger partial charge in [-0.3, -0.25) is 4.79 Å². The summed E-state index contributed by atoms with van der Waals surface area (Å²) in [6.45, 7) is 0.711. The summed E-state index contributed by atoms with van der Waals surface area (Å²) in [6, 6.07) is 5.81. The summed E-state index contributed by atoms with van der Waals surface area (Å²) in [5, 5.41) is 3.11. The standard InChI is InChI=1S/C10H11BrN2O/c11-8-3-1-2-6-5-13-9(10(12)14)4-7(6)8/h1-3,9,13H,4-5H2,(H2,12,14). The molecule has 0 fully saturated rings. The number of halogens is 1. The average molecular weight is 255 g/mol. The van der Waals surface area contributed by atoms with Crippen LogP contribution in [0.2, 0.25) is 0 Å². The molecule has 1 heterocycles. The molecule has 0 radical (unpaired) electrons. The van der Waals surface area contributed by atoms with Gasteiger partial charge in [0.05, 0.1) is 6.04 Å². The van der Waals surface area contributed by atoms with E-state index in [9.17, 15) is 4.79 Å². The number of hydrogen-bond donors (Lipinski definition) is 2. The maximum Gasteiger partial charge on any atom is 0.234 e. The van der Waals surface area contributed by atoms with Gasteiger partial charge in [0.15, 0.2) is 0 Å². The zero-order chi connectivity index (χ0) is 10.1. The van der Waals surface area contributed by atoms with Crippen molar-refractivity contribution in [2.24, 2.45) is 5.73 Å². The van der Waals surface area contributed by atoms with Gasteiger partial charge in [0.1, 0.15) is 0 Å². The molecule has 1 amide bonds. The largest absolute Gasteiger partial charge is 0.368 e. The topological polar surface area (TPSA) is 55.1 Å². The lowest BCUT2D eigenvalue weighted by atomic mass is 9.96. The van der Waals surface area contributed by atoms with Crippen LogP contribution in [-0.4, -0.2) is 11.9 Å². The van der Waals surface area contributed by atoms with Crippen LogP contribution in [0.25, 0.3) is 0 Å². The third-order valence-corrected chi connectivity index (χ3v) is 3.25. The maximum absolute atomic E-state index is 11.0. The lowest BCUT2D eigenvalue weighted by Crippen LogP contribution is -2.45. The Bertz CT molecular complexity index is 378. The second kappa shape index (κ2) is 3.71. The van der Waals surface area contributed by atoms with E-state index in [1.54, 1.807) is 0 Å². The minimum Gasteiger partial charge on any atom is -0.368 e. The molecule has 0 aromatic heterocycles. The molecule has 2 rings (SSSR count). The Balaban J connectivity index is 2.33. The molecule has 14 heavy (non-hydrogen) atoms. The monoisotopic (exact) mass is 254 g/mol. The summed E-state index contributed by atoms with van der Waals surface area (Å²) >= 11 is 3.48. The van der Waals surface area contributed by atoms with Crippen molar-refractivity contribution in [3.63, 3.8) is 0 Å². The number of fused-ring (bicyclic) bond motifs is 1. The second-order valence-electron chi connectivity index (χ2n) is 3.42. The third kappa shape index (κ3) is 1.67. The molecule has 0 bridgehead atoms. The number of amides is 1. The van der Waals surface area contributed by atoms with E-state index in [1.165, 1.54) is 11.1 Å². The fourth-order valence-electron chi connectivity index (χ4n) is 1.71. The van der Waals surface area contributed by atoms with Gasteiger partial charge in [0.25, 0.3) is 0 Å². The van der Waals surface area contributed by atoms with Crippen molar-refractivity contribution in [1.82, 2.24) is 5.32 Å². The van der Waals surface area contributed by atoms with Gasteiger partial charge in [-0.1, -0.05) is 28.1 Å². The summed E-state index contributed by atoms with van der Waals surface area (Å²) in [6.07, 6.45) is 0.673. The number of nitrogens with one attached hydrogen (secondary N) is 1. The van der Waals surface area contributed by atoms with Crippen molar-refractivity contribution in [3.05, 3.63) is 33.8 Å². The van der Waals surface area contributed by atoms with Gasteiger partial charge in [0, 0.05) is 11.0 Å². The first-order chi connectivity index (χ1) is 6.68. The zero-order valence-corrected chi connectivity index (χ0v) is 9.17. The van der Waals surface area contributed by atoms with Gasteiger partial charge in [-0.15, -0.1) is 0 Å². The number of carbonyl (C=O) groups excluding carboxylic acids is 1. The zero-order valence-electron chi connectivity index (χ0n) is 7.59. The first-order valence-corrected chi connectivity index (χ1v) is 5.27. The van der Waals surface area contributed by atoms with E-state index in [4.69, 9.17) is 5.73 Å². The van der Waals surface area contributed by atoms with Crippen LogP contribution in [0.15, 0.2) is 22.7 Å². The van der Waals surface area contributed by atoms with Crippen LogP contribution in [0.5, 0.6) is 0 Å². The molecule has 1 aliphatic heterocycles. The molecule has 3 N–H and O–H groups in total. The first kappa shape index (κ1) is 9.68. The fraction of sp³-hybridized carbons (Fsp3) is 0.300. The molecule has 0 saturated heterocycles. The summed E-state index contributed by atoms with van der Waals surface area (Å²) < 4.78 is 1.06. The Morgan fingerprint density at radius 1 is 1.57 bits per heavy atom. The first-order valence-electron chi connectivity index (χ1n) is 4.47. The van der Waals surface area contributed by atoms with E-state index >= 15 is 0 Å². The molecule has 1 aliphatic rings. The Morgan fingerprint density at radius 3 is 3.07 bits per heavy atom. The predicted molar refractivity (Wildman–Crippen MR) is 57.7 cm³/mol. The van der Waals surface area contributed by atoms with Gasteiger partial charge < -0.3 is 11.1 Å². The molecule has 1 aromatic rings. The van der Waals surface area contributed by atoms with Gasteiger partial charge in [-0.05, 0) is 23.6 Å². The van der Waals surface area contributed by atoms with E-state index in [0.29, 0.717) is 13.0 Å². The molecule has 0 spiro atoms. The molecule has 0 saturated carbocycles. The second-order valence-corrected chi connectivity index (χ2v) is 4.27. The number of nitrogens with two attached hydrogens (primary N) is 1. The molecule has 4 heteroatoms. The van der Waals surface area contributed by atoms with Crippen molar-refractivity contribution in [2.75, 3.05) is 0 Å². The van der Waals surface area contributed by atoms with Crippen LogP contribution in [-0.2, 0) is 17.8 Å². The quantitative estimate of drug-likeness (QED) is 0.785. The van der Waals surface area contributed by atoms with E-state index in [0.717, 1.165) is 4.47 Å². The highest BCUT2D eigenvalue weighted by Gasteiger charge is 2.23. The molecular formula is C10H11BrN2O. The highest BCUT2D eigenvalue weighted by molar-refractivity contribution is 9.10. The van der Waals surface area contributed by atoms with E-state index in [2.05, 4.69) is 27.3 Å². The summed E-state index contributed by atoms with van der Waals surface area (Å²) in [4.78, 5) is 11.0. The Morgan fingerprint density at radius 2 is 2.36 bits per heavy atom. The fourth-order valence-corrected chi connectivity index (χ4v) is 2.28. The molecular weight excluding hydrogens is 244 g/mol. The van der Waals surface area contributed by atoms with E-state index < -0.39 is 0 Å². The van der Waals surface area contributed by atoms with Crippen LogP contribution >= 0.6 is 15.9 Å². The Hall–Kier alpha value is -0.870. The summed E-state index contributed by atoms with van der Waals surface area (Å²) in [5.41, 5.74) is 7.68. The number of primary amides is 1. The number of hydrogen-bond acceptors (Lipinski definition) is 2. The molecule has 1 atom stereocenters. The van der Waals surface area contributed by atoms with E-state index in [1.807, 2.05) is 12.1 Å². The van der Waals surface area contributed by atoms with E-state index in [-0.39, 0.29) is 11.9 Å². The van der Waals surface area contributed by atoms with Crippen molar-refractivity contribution < 1.29 is 4.79 Å². The van der Waals surface area contributed by atoms with Crippen LogP contribution in [0, 0.1) is 0 Å². The number of carbonyl (C=O) groups is 1. The SMILES string of the molecule is NC(=O)C1Cc2c(Br)cccc2CN1. The minimum absolute atomic E-state index is 0.235. The average Bonchev–Trinajstić information content (AvgIpc) is 2.18. The van der Waals surface area contributed by atoms with Crippen LogP contribution in [0.4, 0.5) is 0 Å². The third-order valence-electron chi connectivity index (χ3n) is 2.51. The van der Waals surface area contributed by atoms with Crippen molar-refractivity contribution in [2.45, 2.75) is 19.0 Å². The highest BCUT2D eigenvalue weighted by atomic mass is 79.9. The van der Waals surface area contributed by atoms with Crippen LogP contribution < -0.4 is 11.1 Å². The molecule has 1 unspecified atom stereocenters. The van der Waals surface area contributed by atoms with Crippen LogP contribution in [0.3, 0.4) is 0 Å². The molecule has 3 nitrogen and oxygen atoms in total. The van der Waals surface area contributed by atoms with Gasteiger partial charge in [-0.2, -0.15) is 0 Å². The molecule has 1 aromatic carbocycles. The van der Waals surface area contributed by atoms with Crippen molar-refractivity contribution >= 4 is 21.8 Å².